The Kier molecular flexibility index (Phi) is 7.92. The summed E-state index contributed by atoms with van der Waals surface area (Å²) in [6, 6.07) is 12.3. The van der Waals surface area contributed by atoms with E-state index < -0.39 is 42.2 Å². The summed E-state index contributed by atoms with van der Waals surface area (Å²) in [7, 11) is 0. The van der Waals surface area contributed by atoms with Crippen LogP contribution in [0.2, 0.25) is 0 Å². The van der Waals surface area contributed by atoms with Gasteiger partial charge in [0.25, 0.3) is 11.8 Å². The van der Waals surface area contributed by atoms with E-state index in [1.807, 2.05) is 18.2 Å². The molecule has 2 aromatic rings. The van der Waals surface area contributed by atoms with Crippen LogP contribution >= 0.6 is 0 Å². The van der Waals surface area contributed by atoms with Gasteiger partial charge in [-0.15, -0.1) is 0 Å². The molecule has 2 unspecified atom stereocenters. The van der Waals surface area contributed by atoms with Crippen LogP contribution in [-0.4, -0.2) is 70.1 Å². The first-order chi connectivity index (χ1) is 19.3. The second-order valence-corrected chi connectivity index (χ2v) is 10.1. The first-order valence-electron chi connectivity index (χ1n) is 13.2. The summed E-state index contributed by atoms with van der Waals surface area (Å²) < 4.78 is 4.69. The molecule has 3 heterocycles. The summed E-state index contributed by atoms with van der Waals surface area (Å²) in [5, 5.41) is 18.1. The summed E-state index contributed by atoms with van der Waals surface area (Å²) in [5.74, 6) is -2.18. The minimum absolute atomic E-state index is 0.146. The zero-order valence-corrected chi connectivity index (χ0v) is 21.6. The number of carbonyl (C=O) groups is 5. The maximum absolute atomic E-state index is 13.6. The van der Waals surface area contributed by atoms with Crippen molar-refractivity contribution in [2.24, 2.45) is 0 Å². The van der Waals surface area contributed by atoms with Crippen molar-refractivity contribution in [2.75, 3.05) is 5.32 Å². The molecule has 3 aliphatic rings. The highest BCUT2D eigenvalue weighted by atomic mass is 16.6. The predicted octanol–water partition coefficient (Wildman–Crippen LogP) is 1.50. The van der Waals surface area contributed by atoms with E-state index in [1.165, 1.54) is 4.90 Å². The van der Waals surface area contributed by atoms with Crippen LogP contribution in [0, 0.1) is 0 Å². The molecule has 11 nitrogen and oxygen atoms in total. The van der Waals surface area contributed by atoms with Gasteiger partial charge in [0, 0.05) is 22.9 Å². The van der Waals surface area contributed by atoms with Gasteiger partial charge in [0.1, 0.15) is 18.1 Å². The smallest absolute Gasteiger partial charge is 0.310 e. The maximum atomic E-state index is 13.6. The summed E-state index contributed by atoms with van der Waals surface area (Å²) in [6.07, 6.45) is 4.10. The van der Waals surface area contributed by atoms with E-state index in [4.69, 9.17) is 4.74 Å². The van der Waals surface area contributed by atoms with Gasteiger partial charge in [-0.3, -0.25) is 24.0 Å². The number of amides is 4. The average Bonchev–Trinajstić information content (AvgIpc) is 3.51. The fraction of sp³-hybridized carbons (Fsp3) is 0.345. The Bertz CT molecular complexity index is 1330. The van der Waals surface area contributed by atoms with Gasteiger partial charge >= 0.3 is 5.97 Å². The molecule has 2 fully saturated rings. The number of hydrogen-bond donors (Lipinski definition) is 4. The van der Waals surface area contributed by atoms with E-state index >= 15 is 0 Å². The Balaban J connectivity index is 1.24. The van der Waals surface area contributed by atoms with Crippen LogP contribution in [0.1, 0.15) is 52.8 Å². The molecule has 0 aromatic heterocycles. The molecule has 4 amide bonds. The summed E-state index contributed by atoms with van der Waals surface area (Å²) in [4.78, 5) is 65.2. The number of carbonyl (C=O) groups excluding carboxylic acids is 5. The number of cyclic esters (lactones) is 1. The van der Waals surface area contributed by atoms with Crippen LogP contribution in [0.4, 0.5) is 5.69 Å². The summed E-state index contributed by atoms with van der Waals surface area (Å²) >= 11 is 0. The minimum atomic E-state index is -1.43. The van der Waals surface area contributed by atoms with E-state index in [0.717, 1.165) is 0 Å². The number of benzene rings is 2. The standard InChI is InChI=1S/C29H30N4O7/c34-24-16-22(29(39)40-24)32-27(37)23-15-14-20-8-4-5-9-21(28(38)33(20)23)31-26(36)18-10-12-19(13-11-18)30-25(35)17-6-2-1-3-7-17/h1-7,10-13,20-23,29,39H,8-9,14-16H2,(H,30,35)(H,31,36)(H,32,37)/b5-4-/t20-,21+,22?,23+,29?/m1/s1. The lowest BCUT2D eigenvalue weighted by Crippen LogP contribution is -2.57. The number of aliphatic hydroxyl groups is 1. The molecule has 4 N–H and O–H groups in total. The maximum Gasteiger partial charge on any atom is 0.310 e. The van der Waals surface area contributed by atoms with Crippen molar-refractivity contribution in [3.05, 3.63) is 77.9 Å². The number of aliphatic hydroxyl groups excluding tert-OH is 1. The van der Waals surface area contributed by atoms with Crippen LogP contribution in [0.3, 0.4) is 0 Å². The number of fused-ring (bicyclic) bond motifs is 1. The summed E-state index contributed by atoms with van der Waals surface area (Å²) in [6.45, 7) is 0. The van der Waals surface area contributed by atoms with Crippen LogP contribution in [0.15, 0.2) is 66.7 Å². The molecule has 3 aliphatic heterocycles. The largest absolute Gasteiger partial charge is 0.434 e. The predicted molar refractivity (Wildman–Crippen MR) is 143 cm³/mol. The van der Waals surface area contributed by atoms with E-state index in [-0.39, 0.29) is 30.7 Å². The highest BCUT2D eigenvalue weighted by Crippen LogP contribution is 2.30. The molecule has 2 saturated heterocycles. The number of anilines is 1. The second kappa shape index (κ2) is 11.7. The highest BCUT2D eigenvalue weighted by molar-refractivity contribution is 6.04. The molecule has 208 valence electrons. The fourth-order valence-electron chi connectivity index (χ4n) is 5.28. The first kappa shape index (κ1) is 27.1. The van der Waals surface area contributed by atoms with Crippen LogP contribution in [0.5, 0.6) is 0 Å². The lowest BCUT2D eigenvalue weighted by atomic mass is 10.0. The van der Waals surface area contributed by atoms with Gasteiger partial charge in [-0.25, -0.2) is 0 Å². The van der Waals surface area contributed by atoms with Crippen LogP contribution in [-0.2, 0) is 19.1 Å². The number of hydrogen-bond acceptors (Lipinski definition) is 7. The zero-order valence-electron chi connectivity index (χ0n) is 21.6. The number of rotatable bonds is 6. The van der Waals surface area contributed by atoms with Crippen molar-refractivity contribution in [1.82, 2.24) is 15.5 Å². The molecule has 5 rings (SSSR count). The molecule has 0 aliphatic carbocycles. The van der Waals surface area contributed by atoms with E-state index in [9.17, 15) is 29.1 Å². The molecule has 40 heavy (non-hydrogen) atoms. The molecule has 2 aromatic carbocycles. The van der Waals surface area contributed by atoms with Crippen molar-refractivity contribution in [2.45, 2.75) is 62.6 Å². The number of ether oxygens (including phenoxy) is 1. The highest BCUT2D eigenvalue weighted by Gasteiger charge is 2.45. The molecular formula is C29H30N4O7. The third kappa shape index (κ3) is 5.89. The Morgan fingerprint density at radius 2 is 1.55 bits per heavy atom. The van der Waals surface area contributed by atoms with Crippen LogP contribution < -0.4 is 16.0 Å². The van der Waals surface area contributed by atoms with Gasteiger partial charge in [-0.2, -0.15) is 0 Å². The quantitative estimate of drug-likeness (QED) is 0.316. The third-order valence-electron chi connectivity index (χ3n) is 7.36. The van der Waals surface area contributed by atoms with E-state index in [2.05, 4.69) is 16.0 Å². The average molecular weight is 547 g/mol. The molecule has 11 heteroatoms. The molecule has 5 atom stereocenters. The van der Waals surface area contributed by atoms with E-state index in [1.54, 1.807) is 48.5 Å². The lowest BCUT2D eigenvalue weighted by molar-refractivity contribution is -0.155. The van der Waals surface area contributed by atoms with Gasteiger partial charge < -0.3 is 30.7 Å². The Hall–Kier alpha value is -4.51. The monoisotopic (exact) mass is 546 g/mol. The molecule has 0 spiro atoms. The third-order valence-corrected chi connectivity index (χ3v) is 7.36. The summed E-state index contributed by atoms with van der Waals surface area (Å²) in [5.41, 5.74) is 1.33. The van der Waals surface area contributed by atoms with Crippen molar-refractivity contribution in [3.63, 3.8) is 0 Å². The van der Waals surface area contributed by atoms with Crippen LogP contribution in [0.25, 0.3) is 0 Å². The van der Waals surface area contributed by atoms with Gasteiger partial charge in [-0.05, 0) is 62.1 Å². The van der Waals surface area contributed by atoms with Gasteiger partial charge in [0.05, 0.1) is 6.42 Å². The Morgan fingerprint density at radius 1 is 0.850 bits per heavy atom. The first-order valence-corrected chi connectivity index (χ1v) is 13.2. The minimum Gasteiger partial charge on any atom is -0.434 e. The van der Waals surface area contributed by atoms with Crippen molar-refractivity contribution in [3.8, 4) is 0 Å². The molecule has 0 saturated carbocycles. The van der Waals surface area contributed by atoms with Crippen molar-refractivity contribution < 1.29 is 33.8 Å². The zero-order chi connectivity index (χ0) is 28.2. The Labute approximate surface area is 230 Å². The van der Waals surface area contributed by atoms with Gasteiger partial charge in [-0.1, -0.05) is 30.4 Å². The number of nitrogens with zero attached hydrogens (tertiary/aromatic N) is 1. The van der Waals surface area contributed by atoms with Gasteiger partial charge in [0.15, 0.2) is 0 Å². The van der Waals surface area contributed by atoms with Crippen molar-refractivity contribution in [1.29, 1.82) is 0 Å². The number of esters is 1. The lowest BCUT2D eigenvalue weighted by Gasteiger charge is -2.34. The van der Waals surface area contributed by atoms with Crippen molar-refractivity contribution >= 4 is 35.3 Å². The molecule has 0 radical (unpaired) electrons. The fourth-order valence-corrected chi connectivity index (χ4v) is 5.28. The number of nitrogens with one attached hydrogen (secondary N) is 3. The Morgan fingerprint density at radius 3 is 2.25 bits per heavy atom. The second-order valence-electron chi connectivity index (χ2n) is 10.1. The van der Waals surface area contributed by atoms with E-state index in [0.29, 0.717) is 36.1 Å². The molecule has 0 bridgehead atoms. The molecular weight excluding hydrogens is 516 g/mol. The normalized spacial score (nSPS) is 26.6. The topological polar surface area (TPSA) is 154 Å². The SMILES string of the molecule is O=C1CC(NC(=O)[C@@H]2CC[C@H]3C/C=C\C[C@H](NC(=O)c4ccc(NC(=O)c5ccccc5)cc4)C(=O)N32)C(O)O1. The van der Waals surface area contributed by atoms with Gasteiger partial charge in [0.2, 0.25) is 18.1 Å².